The highest BCUT2D eigenvalue weighted by Crippen LogP contribution is 2.28. The molecule has 1 fully saturated rings. The number of rotatable bonds is 3. The molecular formula is C21H35NO3. The van der Waals surface area contributed by atoms with Crippen molar-refractivity contribution in [1.29, 1.82) is 0 Å². The molecule has 1 aromatic carbocycles. The Hall–Kier alpha value is -1.55. The van der Waals surface area contributed by atoms with Gasteiger partial charge in [0.2, 0.25) is 0 Å². The van der Waals surface area contributed by atoms with Crippen molar-refractivity contribution in [3.8, 4) is 5.75 Å². The lowest BCUT2D eigenvalue weighted by molar-refractivity contribution is -0.138. The topological polar surface area (TPSA) is 58.6 Å². The number of carboxylic acid groups (broad SMARTS) is 1. The lowest BCUT2D eigenvalue weighted by atomic mass is 9.96. The smallest absolute Gasteiger partial charge is 0.303 e. The minimum Gasteiger partial charge on any atom is -0.493 e. The van der Waals surface area contributed by atoms with Crippen molar-refractivity contribution in [2.24, 2.45) is 5.92 Å². The Morgan fingerprint density at radius 2 is 2.08 bits per heavy atom. The molecule has 0 spiro atoms. The minimum atomic E-state index is -0.672. The summed E-state index contributed by atoms with van der Waals surface area (Å²) in [5.41, 5.74) is 2.75. The molecule has 2 aliphatic heterocycles. The molecule has 4 heteroatoms. The lowest BCUT2D eigenvalue weighted by Gasteiger charge is -2.20. The average molecular weight is 350 g/mol. The van der Waals surface area contributed by atoms with Crippen LogP contribution in [0, 0.1) is 5.92 Å². The number of benzene rings is 1. The van der Waals surface area contributed by atoms with E-state index in [1.165, 1.54) is 17.5 Å². The fraction of sp³-hybridized carbons (Fsp3) is 0.667. The number of hydrogen-bond acceptors (Lipinski definition) is 3. The highest BCUT2D eigenvalue weighted by Gasteiger charge is 2.15. The summed E-state index contributed by atoms with van der Waals surface area (Å²) in [5.74, 6) is 1.40. The minimum absolute atomic E-state index is 0.326. The third-order valence-electron chi connectivity index (χ3n) is 4.47. The van der Waals surface area contributed by atoms with Crippen LogP contribution in [-0.2, 0) is 11.2 Å². The molecule has 0 aromatic heterocycles. The molecule has 1 saturated heterocycles. The number of ether oxygens (including phenoxy) is 1. The number of hydrogen-bond donors (Lipinski definition) is 2. The lowest BCUT2D eigenvalue weighted by Crippen LogP contribution is -2.30. The normalized spacial score (nSPS) is 18.7. The van der Waals surface area contributed by atoms with E-state index in [2.05, 4.69) is 37.4 Å². The highest BCUT2D eigenvalue weighted by atomic mass is 16.5. The zero-order valence-corrected chi connectivity index (χ0v) is 16.3. The summed E-state index contributed by atoms with van der Waals surface area (Å²) in [4.78, 5) is 10.2. The summed E-state index contributed by atoms with van der Waals surface area (Å²) in [6, 6.07) is 6.63. The maximum Gasteiger partial charge on any atom is 0.303 e. The number of piperidine rings is 1. The molecule has 1 unspecified atom stereocenters. The van der Waals surface area contributed by atoms with Gasteiger partial charge in [-0.2, -0.15) is 0 Å². The Kier molecular flexibility index (Phi) is 10.2. The molecule has 0 radical (unpaired) electrons. The summed E-state index contributed by atoms with van der Waals surface area (Å²) in [6.45, 7) is 11.2. The molecular weight excluding hydrogens is 314 g/mol. The summed E-state index contributed by atoms with van der Waals surface area (Å²) in [7, 11) is 0. The van der Waals surface area contributed by atoms with Gasteiger partial charge in [-0.05, 0) is 67.8 Å². The Bertz CT molecular complexity index is 508. The van der Waals surface area contributed by atoms with Crippen LogP contribution < -0.4 is 10.1 Å². The van der Waals surface area contributed by atoms with Crippen LogP contribution in [0.5, 0.6) is 5.75 Å². The summed E-state index contributed by atoms with van der Waals surface area (Å²) in [5, 5.41) is 11.6. The number of fused-ring (bicyclic) bond motifs is 1. The maximum atomic E-state index is 10.2. The van der Waals surface area contributed by atoms with Gasteiger partial charge in [-0.15, -0.1) is 0 Å². The summed E-state index contributed by atoms with van der Waals surface area (Å²) >= 11 is 0. The van der Waals surface area contributed by atoms with Crippen molar-refractivity contribution < 1.29 is 14.6 Å². The molecule has 0 amide bonds. The first-order valence-corrected chi connectivity index (χ1v) is 9.74. The van der Waals surface area contributed by atoms with Gasteiger partial charge in [0, 0.05) is 6.42 Å². The van der Waals surface area contributed by atoms with E-state index in [9.17, 15) is 4.79 Å². The van der Waals surface area contributed by atoms with Crippen LogP contribution in [0.25, 0.3) is 0 Å². The van der Waals surface area contributed by atoms with Crippen molar-refractivity contribution in [3.05, 3.63) is 29.3 Å². The van der Waals surface area contributed by atoms with E-state index < -0.39 is 5.97 Å². The van der Waals surface area contributed by atoms with Crippen LogP contribution >= 0.6 is 0 Å². The number of aryl methyl sites for hydroxylation is 1. The van der Waals surface area contributed by atoms with Crippen molar-refractivity contribution in [2.45, 2.75) is 65.7 Å². The molecule has 142 valence electrons. The van der Waals surface area contributed by atoms with Crippen LogP contribution in [0.15, 0.2) is 18.2 Å². The second-order valence-corrected chi connectivity index (χ2v) is 6.78. The molecule has 3 rings (SSSR count). The molecule has 2 N–H and O–H groups in total. The molecule has 2 aliphatic rings. The van der Waals surface area contributed by atoms with Crippen molar-refractivity contribution in [3.63, 3.8) is 0 Å². The number of aliphatic carboxylic acids is 1. The molecule has 25 heavy (non-hydrogen) atoms. The molecule has 0 aliphatic carbocycles. The van der Waals surface area contributed by atoms with Gasteiger partial charge in [-0.1, -0.05) is 39.8 Å². The van der Waals surface area contributed by atoms with Gasteiger partial charge in [-0.25, -0.2) is 0 Å². The van der Waals surface area contributed by atoms with E-state index in [1.807, 2.05) is 13.8 Å². The second kappa shape index (κ2) is 11.9. The van der Waals surface area contributed by atoms with Gasteiger partial charge >= 0.3 is 5.97 Å². The van der Waals surface area contributed by atoms with Crippen molar-refractivity contribution >= 4 is 5.97 Å². The van der Waals surface area contributed by atoms with Crippen LogP contribution in [0.3, 0.4) is 0 Å². The third kappa shape index (κ3) is 7.91. The molecule has 1 atom stereocenters. The first-order valence-electron chi connectivity index (χ1n) is 9.74. The van der Waals surface area contributed by atoms with Crippen molar-refractivity contribution in [2.75, 3.05) is 19.7 Å². The SMILES string of the molecule is CC.CC(C)c1ccc2c(c1)OCCC2.O=C(O)CC1CCCNC1. The van der Waals surface area contributed by atoms with Gasteiger partial charge in [0.15, 0.2) is 0 Å². The molecule has 2 heterocycles. The van der Waals surface area contributed by atoms with E-state index in [0.29, 0.717) is 18.3 Å². The predicted octanol–water partition coefficient (Wildman–Crippen LogP) is 4.62. The Morgan fingerprint density at radius 3 is 2.68 bits per heavy atom. The van der Waals surface area contributed by atoms with E-state index in [0.717, 1.165) is 44.7 Å². The molecule has 4 nitrogen and oxygen atoms in total. The Labute approximate surface area is 153 Å². The van der Waals surface area contributed by atoms with Crippen LogP contribution in [0.2, 0.25) is 0 Å². The van der Waals surface area contributed by atoms with Gasteiger partial charge in [0.05, 0.1) is 6.61 Å². The van der Waals surface area contributed by atoms with E-state index in [1.54, 1.807) is 0 Å². The van der Waals surface area contributed by atoms with Crippen molar-refractivity contribution in [1.82, 2.24) is 5.32 Å². The van der Waals surface area contributed by atoms with Gasteiger partial charge < -0.3 is 15.2 Å². The molecule has 0 saturated carbocycles. The highest BCUT2D eigenvalue weighted by molar-refractivity contribution is 5.67. The quantitative estimate of drug-likeness (QED) is 0.836. The summed E-state index contributed by atoms with van der Waals surface area (Å²) < 4.78 is 5.61. The van der Waals surface area contributed by atoms with Crippen LogP contribution in [0.4, 0.5) is 0 Å². The predicted molar refractivity (Wildman–Crippen MR) is 104 cm³/mol. The third-order valence-corrected chi connectivity index (χ3v) is 4.47. The molecule has 0 bridgehead atoms. The first kappa shape index (κ1) is 21.5. The monoisotopic (exact) mass is 349 g/mol. The van der Waals surface area contributed by atoms with Gasteiger partial charge in [-0.3, -0.25) is 4.79 Å². The number of carbonyl (C=O) groups is 1. The largest absolute Gasteiger partial charge is 0.493 e. The number of carboxylic acids is 1. The Morgan fingerprint density at radius 1 is 1.32 bits per heavy atom. The van der Waals surface area contributed by atoms with Crippen LogP contribution in [0.1, 0.15) is 70.4 Å². The second-order valence-electron chi connectivity index (χ2n) is 6.78. The molecule has 1 aromatic rings. The van der Waals surface area contributed by atoms with Crippen LogP contribution in [-0.4, -0.2) is 30.8 Å². The standard InChI is InChI=1S/C12H16O.C7H13NO2.C2H6/c1-9(2)11-6-5-10-4-3-7-13-12(10)8-11;9-7(10)4-6-2-1-3-8-5-6;1-2/h5-6,8-9H,3-4,7H2,1-2H3;6,8H,1-5H2,(H,9,10);1-2H3. The first-order chi connectivity index (χ1) is 12.1. The van der Waals surface area contributed by atoms with E-state index >= 15 is 0 Å². The van der Waals surface area contributed by atoms with Gasteiger partial charge in [0.1, 0.15) is 5.75 Å². The van der Waals surface area contributed by atoms with E-state index in [4.69, 9.17) is 9.84 Å². The Balaban J connectivity index is 0.000000235. The summed E-state index contributed by atoms with van der Waals surface area (Å²) in [6.07, 6.45) is 4.85. The zero-order valence-electron chi connectivity index (χ0n) is 16.3. The van der Waals surface area contributed by atoms with E-state index in [-0.39, 0.29) is 0 Å². The maximum absolute atomic E-state index is 10.2. The average Bonchev–Trinajstić information content (AvgIpc) is 2.64. The number of nitrogens with one attached hydrogen (secondary N) is 1. The van der Waals surface area contributed by atoms with Gasteiger partial charge in [0.25, 0.3) is 0 Å². The fourth-order valence-electron chi connectivity index (χ4n) is 3.06. The fourth-order valence-corrected chi connectivity index (χ4v) is 3.06. The zero-order chi connectivity index (χ0) is 18.7.